The monoisotopic (exact) mass is 299 g/mol. The molecule has 0 aliphatic carbocycles. The standard InChI is InChI=1S/C15H17N5O2/c1-11-3-2-4-16-14(11)19-15(21)12-9-13(18-10-17-12)20-5-7-22-8-6-20/h2-4,9-10H,5-8H2,1H3,(H,16,19,21). The number of aryl methyl sites for hydroxylation is 1. The van der Waals surface area contributed by atoms with Crippen LogP contribution in [-0.4, -0.2) is 47.2 Å². The zero-order valence-corrected chi connectivity index (χ0v) is 12.3. The van der Waals surface area contributed by atoms with Crippen molar-refractivity contribution in [1.29, 1.82) is 0 Å². The lowest BCUT2D eigenvalue weighted by atomic mass is 10.2. The molecule has 0 atom stereocenters. The zero-order chi connectivity index (χ0) is 15.4. The Labute approximate surface area is 128 Å². The number of rotatable bonds is 3. The van der Waals surface area contributed by atoms with E-state index in [1.807, 2.05) is 19.1 Å². The number of morpholine rings is 1. The highest BCUT2D eigenvalue weighted by Gasteiger charge is 2.16. The first kappa shape index (κ1) is 14.4. The average Bonchev–Trinajstić information content (AvgIpc) is 2.58. The Balaban J connectivity index is 1.76. The molecule has 114 valence electrons. The molecular weight excluding hydrogens is 282 g/mol. The number of carbonyl (C=O) groups is 1. The lowest BCUT2D eigenvalue weighted by Gasteiger charge is -2.27. The van der Waals surface area contributed by atoms with Crippen molar-refractivity contribution in [3.63, 3.8) is 0 Å². The summed E-state index contributed by atoms with van der Waals surface area (Å²) in [6.07, 6.45) is 3.05. The molecule has 0 bridgehead atoms. The molecule has 7 nitrogen and oxygen atoms in total. The number of nitrogens with zero attached hydrogens (tertiary/aromatic N) is 4. The number of nitrogens with one attached hydrogen (secondary N) is 1. The summed E-state index contributed by atoms with van der Waals surface area (Å²) < 4.78 is 5.32. The highest BCUT2D eigenvalue weighted by molar-refractivity contribution is 6.03. The molecule has 1 N–H and O–H groups in total. The number of anilines is 2. The van der Waals surface area contributed by atoms with Gasteiger partial charge in [-0.25, -0.2) is 15.0 Å². The summed E-state index contributed by atoms with van der Waals surface area (Å²) in [5.74, 6) is 0.985. The van der Waals surface area contributed by atoms with Crippen molar-refractivity contribution >= 4 is 17.5 Å². The minimum Gasteiger partial charge on any atom is -0.378 e. The Kier molecular flexibility index (Phi) is 4.24. The van der Waals surface area contributed by atoms with Crippen LogP contribution in [0.25, 0.3) is 0 Å². The lowest BCUT2D eigenvalue weighted by molar-refractivity contribution is 0.102. The van der Waals surface area contributed by atoms with Crippen molar-refractivity contribution in [2.75, 3.05) is 36.5 Å². The van der Waals surface area contributed by atoms with Crippen LogP contribution in [0.4, 0.5) is 11.6 Å². The summed E-state index contributed by atoms with van der Waals surface area (Å²) in [6.45, 7) is 4.74. The summed E-state index contributed by atoms with van der Waals surface area (Å²) in [7, 11) is 0. The van der Waals surface area contributed by atoms with Gasteiger partial charge in [0, 0.05) is 25.4 Å². The number of aromatic nitrogens is 3. The number of pyridine rings is 1. The molecule has 0 radical (unpaired) electrons. The van der Waals surface area contributed by atoms with Crippen molar-refractivity contribution < 1.29 is 9.53 Å². The summed E-state index contributed by atoms with van der Waals surface area (Å²) >= 11 is 0. The van der Waals surface area contributed by atoms with Crippen LogP contribution in [0.2, 0.25) is 0 Å². The van der Waals surface area contributed by atoms with Gasteiger partial charge in [-0.1, -0.05) is 6.07 Å². The molecule has 2 aromatic heterocycles. The Morgan fingerprint density at radius 1 is 1.27 bits per heavy atom. The van der Waals surface area contributed by atoms with Gasteiger partial charge in [-0.15, -0.1) is 0 Å². The van der Waals surface area contributed by atoms with Gasteiger partial charge < -0.3 is 15.0 Å². The van der Waals surface area contributed by atoms with Crippen LogP contribution in [0, 0.1) is 6.92 Å². The second kappa shape index (κ2) is 6.48. The molecule has 1 aliphatic rings. The van der Waals surface area contributed by atoms with E-state index in [2.05, 4.69) is 25.2 Å². The second-order valence-electron chi connectivity index (χ2n) is 4.98. The predicted molar refractivity (Wildman–Crippen MR) is 82.0 cm³/mol. The van der Waals surface area contributed by atoms with E-state index in [0.29, 0.717) is 24.7 Å². The minimum atomic E-state index is -0.293. The van der Waals surface area contributed by atoms with E-state index in [1.165, 1.54) is 6.33 Å². The number of amides is 1. The van der Waals surface area contributed by atoms with Gasteiger partial charge in [0.2, 0.25) is 0 Å². The van der Waals surface area contributed by atoms with Gasteiger partial charge in [-0.2, -0.15) is 0 Å². The SMILES string of the molecule is Cc1cccnc1NC(=O)c1cc(N2CCOCC2)ncn1. The van der Waals surface area contributed by atoms with Crippen LogP contribution in [-0.2, 0) is 4.74 Å². The smallest absolute Gasteiger partial charge is 0.275 e. The van der Waals surface area contributed by atoms with E-state index in [9.17, 15) is 4.79 Å². The molecule has 1 fully saturated rings. The van der Waals surface area contributed by atoms with Gasteiger partial charge in [-0.3, -0.25) is 4.79 Å². The normalized spacial score (nSPS) is 14.7. The van der Waals surface area contributed by atoms with E-state index in [1.54, 1.807) is 12.3 Å². The third kappa shape index (κ3) is 3.20. The van der Waals surface area contributed by atoms with Crippen LogP contribution in [0.15, 0.2) is 30.7 Å². The van der Waals surface area contributed by atoms with Crippen LogP contribution < -0.4 is 10.2 Å². The molecule has 0 saturated carbocycles. The molecule has 0 spiro atoms. The Morgan fingerprint density at radius 3 is 2.86 bits per heavy atom. The molecule has 1 amide bonds. The Hall–Kier alpha value is -2.54. The number of hydrogen-bond acceptors (Lipinski definition) is 6. The van der Waals surface area contributed by atoms with Crippen molar-refractivity contribution in [3.8, 4) is 0 Å². The maximum absolute atomic E-state index is 12.3. The van der Waals surface area contributed by atoms with Crippen molar-refractivity contribution in [2.45, 2.75) is 6.92 Å². The van der Waals surface area contributed by atoms with E-state index in [0.717, 1.165) is 24.5 Å². The summed E-state index contributed by atoms with van der Waals surface area (Å²) in [4.78, 5) is 26.8. The van der Waals surface area contributed by atoms with Crippen LogP contribution >= 0.6 is 0 Å². The first-order valence-corrected chi connectivity index (χ1v) is 7.12. The maximum Gasteiger partial charge on any atom is 0.275 e. The van der Waals surface area contributed by atoms with Crippen molar-refractivity contribution in [1.82, 2.24) is 15.0 Å². The minimum absolute atomic E-state index is 0.293. The first-order valence-electron chi connectivity index (χ1n) is 7.12. The van der Waals surface area contributed by atoms with Crippen LogP contribution in [0.5, 0.6) is 0 Å². The number of ether oxygens (including phenoxy) is 1. The van der Waals surface area contributed by atoms with Crippen LogP contribution in [0.3, 0.4) is 0 Å². The van der Waals surface area contributed by atoms with Gasteiger partial charge in [0.25, 0.3) is 5.91 Å². The Bertz CT molecular complexity index is 670. The van der Waals surface area contributed by atoms with Gasteiger partial charge in [0.15, 0.2) is 0 Å². The summed E-state index contributed by atoms with van der Waals surface area (Å²) in [6, 6.07) is 5.41. The molecule has 0 aromatic carbocycles. The fraction of sp³-hybridized carbons (Fsp3) is 0.333. The van der Waals surface area contributed by atoms with Crippen molar-refractivity contribution in [2.24, 2.45) is 0 Å². The highest BCUT2D eigenvalue weighted by Crippen LogP contribution is 2.15. The number of carbonyl (C=O) groups excluding carboxylic acids is 1. The van der Waals surface area contributed by atoms with E-state index < -0.39 is 0 Å². The van der Waals surface area contributed by atoms with Gasteiger partial charge in [-0.05, 0) is 18.6 Å². The first-order chi connectivity index (χ1) is 10.7. The van der Waals surface area contributed by atoms with Crippen LogP contribution in [0.1, 0.15) is 16.1 Å². The van der Waals surface area contributed by atoms with E-state index in [-0.39, 0.29) is 5.91 Å². The van der Waals surface area contributed by atoms with Crippen molar-refractivity contribution in [3.05, 3.63) is 42.0 Å². The summed E-state index contributed by atoms with van der Waals surface area (Å²) in [5.41, 5.74) is 1.22. The van der Waals surface area contributed by atoms with Gasteiger partial charge >= 0.3 is 0 Å². The third-order valence-electron chi connectivity index (χ3n) is 3.46. The topological polar surface area (TPSA) is 80.2 Å². The molecule has 3 rings (SSSR count). The quantitative estimate of drug-likeness (QED) is 0.919. The molecule has 0 unspecified atom stereocenters. The fourth-order valence-corrected chi connectivity index (χ4v) is 2.22. The molecule has 1 aliphatic heterocycles. The molecule has 22 heavy (non-hydrogen) atoms. The fourth-order valence-electron chi connectivity index (χ4n) is 2.22. The molecule has 7 heteroatoms. The zero-order valence-electron chi connectivity index (χ0n) is 12.3. The van der Waals surface area contributed by atoms with Gasteiger partial charge in [0.1, 0.15) is 23.7 Å². The Morgan fingerprint density at radius 2 is 2.09 bits per heavy atom. The molecule has 1 saturated heterocycles. The maximum atomic E-state index is 12.3. The van der Waals surface area contributed by atoms with E-state index in [4.69, 9.17) is 4.74 Å². The predicted octanol–water partition coefficient (Wildman–Crippen LogP) is 1.27. The van der Waals surface area contributed by atoms with Gasteiger partial charge in [0.05, 0.1) is 13.2 Å². The highest BCUT2D eigenvalue weighted by atomic mass is 16.5. The molecule has 2 aromatic rings. The van der Waals surface area contributed by atoms with E-state index >= 15 is 0 Å². The third-order valence-corrected chi connectivity index (χ3v) is 3.46. The molecule has 3 heterocycles. The number of hydrogen-bond donors (Lipinski definition) is 1. The average molecular weight is 299 g/mol. The lowest BCUT2D eigenvalue weighted by Crippen LogP contribution is -2.37. The molecular formula is C15H17N5O2. The second-order valence-corrected chi connectivity index (χ2v) is 4.98. The largest absolute Gasteiger partial charge is 0.378 e. The summed E-state index contributed by atoms with van der Waals surface area (Å²) in [5, 5.41) is 2.77.